The van der Waals surface area contributed by atoms with Crippen LogP contribution in [0.4, 0.5) is 4.79 Å². The van der Waals surface area contributed by atoms with Gasteiger partial charge in [0.1, 0.15) is 0 Å². The smallest absolute Gasteiger partial charge is 0.407 e. The van der Waals surface area contributed by atoms with Crippen LogP contribution >= 0.6 is 0 Å². The third-order valence-corrected chi connectivity index (χ3v) is 2.62. The molecule has 0 atom stereocenters. The van der Waals surface area contributed by atoms with E-state index in [1.165, 1.54) is 0 Å². The number of hydrogen-bond acceptors (Lipinski definition) is 7. The van der Waals surface area contributed by atoms with Gasteiger partial charge in [-0.15, -0.1) is 0 Å². The van der Waals surface area contributed by atoms with Gasteiger partial charge in [-0.05, 0) is 6.42 Å². The van der Waals surface area contributed by atoms with Gasteiger partial charge in [0.25, 0.3) is 0 Å². The number of hydrogen-bond donors (Lipinski definition) is 2. The average Bonchev–Trinajstić information content (AvgIpc) is 2.55. The van der Waals surface area contributed by atoms with Gasteiger partial charge in [-0.1, -0.05) is 13.3 Å². The molecule has 0 aliphatic carbocycles. The standard InChI is InChI=1S/C15H32N2O6/c1-2-3-6-23-15(18)17-5-8-20-10-12-22-14-13-21-11-9-19-7-4-16/h2-14,16H2,1H3,(H,17,18). The number of nitrogens with one attached hydrogen (secondary N) is 1. The van der Waals surface area contributed by atoms with Gasteiger partial charge in [0.15, 0.2) is 0 Å². The van der Waals surface area contributed by atoms with Crippen molar-refractivity contribution in [2.45, 2.75) is 19.8 Å². The van der Waals surface area contributed by atoms with Crippen LogP contribution in [-0.4, -0.2) is 78.6 Å². The fourth-order valence-electron chi connectivity index (χ4n) is 1.43. The fourth-order valence-corrected chi connectivity index (χ4v) is 1.43. The Kier molecular flexibility index (Phi) is 18.3. The summed E-state index contributed by atoms with van der Waals surface area (Å²) in [5.74, 6) is 0. The maximum Gasteiger partial charge on any atom is 0.407 e. The number of ether oxygens (including phenoxy) is 5. The summed E-state index contributed by atoms with van der Waals surface area (Å²) in [5, 5.41) is 2.61. The molecular formula is C15H32N2O6. The summed E-state index contributed by atoms with van der Waals surface area (Å²) in [5.41, 5.74) is 5.28. The summed E-state index contributed by atoms with van der Waals surface area (Å²) in [6, 6.07) is 0. The van der Waals surface area contributed by atoms with Crippen LogP contribution in [0.1, 0.15) is 19.8 Å². The average molecular weight is 336 g/mol. The highest BCUT2D eigenvalue weighted by Crippen LogP contribution is 1.88. The summed E-state index contributed by atoms with van der Waals surface area (Å²) in [4.78, 5) is 11.2. The maximum atomic E-state index is 11.2. The van der Waals surface area contributed by atoms with Crippen molar-refractivity contribution in [3.05, 3.63) is 0 Å². The lowest BCUT2D eigenvalue weighted by atomic mass is 10.4. The van der Waals surface area contributed by atoms with E-state index >= 15 is 0 Å². The minimum Gasteiger partial charge on any atom is -0.450 e. The molecule has 0 aliphatic rings. The van der Waals surface area contributed by atoms with Crippen molar-refractivity contribution in [2.75, 3.05) is 72.6 Å². The van der Waals surface area contributed by atoms with Crippen molar-refractivity contribution in [2.24, 2.45) is 5.73 Å². The number of unbranched alkanes of at least 4 members (excludes halogenated alkanes) is 1. The Hall–Kier alpha value is -0.930. The first kappa shape index (κ1) is 22.1. The molecule has 0 radical (unpaired) electrons. The zero-order valence-electron chi connectivity index (χ0n) is 14.2. The predicted molar refractivity (Wildman–Crippen MR) is 86.6 cm³/mol. The van der Waals surface area contributed by atoms with Crippen LogP contribution in [0.15, 0.2) is 0 Å². The van der Waals surface area contributed by atoms with Crippen molar-refractivity contribution >= 4 is 6.09 Å². The lowest BCUT2D eigenvalue weighted by Crippen LogP contribution is -2.28. The molecular weight excluding hydrogens is 304 g/mol. The first-order chi connectivity index (χ1) is 11.3. The molecule has 8 heteroatoms. The third-order valence-electron chi connectivity index (χ3n) is 2.62. The van der Waals surface area contributed by atoms with Crippen molar-refractivity contribution in [3.63, 3.8) is 0 Å². The molecule has 0 aromatic carbocycles. The molecule has 3 N–H and O–H groups in total. The first-order valence-corrected chi connectivity index (χ1v) is 8.23. The molecule has 0 unspecified atom stereocenters. The van der Waals surface area contributed by atoms with Crippen LogP contribution in [0.25, 0.3) is 0 Å². The maximum absolute atomic E-state index is 11.2. The largest absolute Gasteiger partial charge is 0.450 e. The van der Waals surface area contributed by atoms with E-state index in [9.17, 15) is 4.79 Å². The number of carbonyl (C=O) groups excluding carboxylic acids is 1. The summed E-state index contributed by atoms with van der Waals surface area (Å²) in [6.07, 6.45) is 1.49. The van der Waals surface area contributed by atoms with Crippen LogP contribution in [0.3, 0.4) is 0 Å². The van der Waals surface area contributed by atoms with Gasteiger partial charge in [-0.25, -0.2) is 4.79 Å². The monoisotopic (exact) mass is 336 g/mol. The summed E-state index contributed by atoms with van der Waals surface area (Å²) in [7, 11) is 0. The van der Waals surface area contributed by atoms with Gasteiger partial charge < -0.3 is 34.7 Å². The van der Waals surface area contributed by atoms with Gasteiger partial charge in [-0.2, -0.15) is 0 Å². The van der Waals surface area contributed by atoms with Gasteiger partial charge in [0.05, 0.1) is 59.5 Å². The molecule has 0 aliphatic heterocycles. The molecule has 0 bridgehead atoms. The van der Waals surface area contributed by atoms with Crippen molar-refractivity contribution in [1.29, 1.82) is 0 Å². The van der Waals surface area contributed by atoms with Gasteiger partial charge in [0.2, 0.25) is 0 Å². The zero-order chi connectivity index (χ0) is 17.0. The SMILES string of the molecule is CCCCOC(=O)NCCOCCOCCOCCOCCN. The minimum absolute atomic E-state index is 0.397. The zero-order valence-corrected chi connectivity index (χ0v) is 14.2. The number of carbonyl (C=O) groups is 1. The Morgan fingerprint density at radius 3 is 1.87 bits per heavy atom. The van der Waals surface area contributed by atoms with E-state index < -0.39 is 6.09 Å². The summed E-state index contributed by atoms with van der Waals surface area (Å²) >= 11 is 0. The second kappa shape index (κ2) is 19.1. The Morgan fingerprint density at radius 2 is 1.35 bits per heavy atom. The second-order valence-corrected chi connectivity index (χ2v) is 4.65. The molecule has 0 aromatic heterocycles. The van der Waals surface area contributed by atoms with Gasteiger partial charge in [0, 0.05) is 13.1 Å². The van der Waals surface area contributed by atoms with Gasteiger partial charge in [-0.3, -0.25) is 0 Å². The van der Waals surface area contributed by atoms with E-state index in [1.54, 1.807) is 0 Å². The molecule has 0 saturated heterocycles. The quantitative estimate of drug-likeness (QED) is 0.374. The van der Waals surface area contributed by atoms with E-state index in [0.717, 1.165) is 12.8 Å². The molecule has 138 valence electrons. The first-order valence-electron chi connectivity index (χ1n) is 8.23. The van der Waals surface area contributed by atoms with E-state index in [-0.39, 0.29) is 0 Å². The van der Waals surface area contributed by atoms with Crippen LogP contribution in [0.5, 0.6) is 0 Å². The van der Waals surface area contributed by atoms with Crippen LogP contribution < -0.4 is 11.1 Å². The fraction of sp³-hybridized carbons (Fsp3) is 0.933. The minimum atomic E-state index is -0.397. The lowest BCUT2D eigenvalue weighted by Gasteiger charge is -2.08. The Labute approximate surface area is 138 Å². The third kappa shape index (κ3) is 19.0. The van der Waals surface area contributed by atoms with E-state index in [0.29, 0.717) is 72.6 Å². The Bertz CT molecular complexity index is 256. The van der Waals surface area contributed by atoms with Crippen molar-refractivity contribution in [1.82, 2.24) is 5.32 Å². The molecule has 8 nitrogen and oxygen atoms in total. The topological polar surface area (TPSA) is 101 Å². The van der Waals surface area contributed by atoms with Crippen LogP contribution in [-0.2, 0) is 23.7 Å². The predicted octanol–water partition coefficient (Wildman–Crippen LogP) is 0.538. The number of alkyl carbamates (subject to hydrolysis) is 1. The lowest BCUT2D eigenvalue weighted by molar-refractivity contribution is -0.000639. The van der Waals surface area contributed by atoms with Crippen molar-refractivity contribution in [3.8, 4) is 0 Å². The summed E-state index contributed by atoms with van der Waals surface area (Å²) in [6.45, 7) is 7.55. The molecule has 0 spiro atoms. The van der Waals surface area contributed by atoms with E-state index in [4.69, 9.17) is 29.4 Å². The normalized spacial score (nSPS) is 10.7. The Morgan fingerprint density at radius 1 is 0.826 bits per heavy atom. The molecule has 1 amide bonds. The molecule has 0 aromatic rings. The number of amides is 1. The molecule has 0 saturated carbocycles. The Balaban J connectivity index is 3.06. The van der Waals surface area contributed by atoms with Crippen LogP contribution in [0.2, 0.25) is 0 Å². The number of rotatable bonds is 17. The highest BCUT2D eigenvalue weighted by atomic mass is 16.6. The summed E-state index contributed by atoms with van der Waals surface area (Å²) < 4.78 is 26.0. The highest BCUT2D eigenvalue weighted by molar-refractivity contribution is 5.66. The van der Waals surface area contributed by atoms with Crippen molar-refractivity contribution < 1.29 is 28.5 Å². The number of nitrogens with two attached hydrogens (primary N) is 1. The van der Waals surface area contributed by atoms with E-state index in [2.05, 4.69) is 5.32 Å². The van der Waals surface area contributed by atoms with Crippen LogP contribution in [0, 0.1) is 0 Å². The molecule has 0 rings (SSSR count). The molecule has 0 fully saturated rings. The molecule has 0 heterocycles. The highest BCUT2D eigenvalue weighted by Gasteiger charge is 1.99. The molecule has 23 heavy (non-hydrogen) atoms. The second-order valence-electron chi connectivity index (χ2n) is 4.65. The van der Waals surface area contributed by atoms with Gasteiger partial charge >= 0.3 is 6.09 Å². The van der Waals surface area contributed by atoms with E-state index in [1.807, 2.05) is 6.92 Å².